The summed E-state index contributed by atoms with van der Waals surface area (Å²) in [6, 6.07) is 21.9. The number of aliphatic hydroxyl groups excluding tert-OH is 1. The quantitative estimate of drug-likeness (QED) is 0.925. The number of benzene rings is 2. The van der Waals surface area contributed by atoms with Crippen LogP contribution in [-0.2, 0) is 0 Å². The Morgan fingerprint density at radius 2 is 1.52 bits per heavy atom. The normalized spacial score (nSPS) is 23.1. The van der Waals surface area contributed by atoms with Crippen molar-refractivity contribution in [2.45, 2.75) is 24.8 Å². The van der Waals surface area contributed by atoms with Crippen molar-refractivity contribution in [3.63, 3.8) is 0 Å². The first-order valence-electron chi connectivity index (χ1n) is 7.85. The van der Waals surface area contributed by atoms with Gasteiger partial charge in [-0.3, -0.25) is 4.90 Å². The molecule has 0 radical (unpaired) electrons. The second kappa shape index (κ2) is 6.88. The fraction of sp³-hybridized carbons (Fsp3) is 0.368. The predicted molar refractivity (Wildman–Crippen MR) is 86.3 cm³/mol. The number of β-amino-alcohol motifs (C(OH)–C–C–N with tert-alkyl or cyclic N) is 1. The molecule has 110 valence electrons. The van der Waals surface area contributed by atoms with Crippen LogP contribution in [0.3, 0.4) is 0 Å². The molecule has 0 unspecified atom stereocenters. The van der Waals surface area contributed by atoms with E-state index in [4.69, 9.17) is 0 Å². The minimum absolute atomic E-state index is 0.227. The molecule has 2 atom stereocenters. The maximum atomic E-state index is 9.40. The van der Waals surface area contributed by atoms with E-state index in [1.54, 1.807) is 0 Å². The molecule has 1 fully saturated rings. The molecule has 1 saturated heterocycles. The van der Waals surface area contributed by atoms with Gasteiger partial charge in [-0.05, 0) is 30.5 Å². The van der Waals surface area contributed by atoms with Crippen LogP contribution in [0.4, 0.5) is 0 Å². The Morgan fingerprint density at radius 3 is 2.14 bits per heavy atom. The van der Waals surface area contributed by atoms with Gasteiger partial charge in [-0.2, -0.15) is 0 Å². The van der Waals surface area contributed by atoms with E-state index in [0.717, 1.165) is 13.1 Å². The van der Waals surface area contributed by atoms with Crippen molar-refractivity contribution in [1.82, 2.24) is 4.90 Å². The zero-order valence-electron chi connectivity index (χ0n) is 12.4. The Bertz CT molecular complexity index is 538. The Hall–Kier alpha value is -1.64. The van der Waals surface area contributed by atoms with Gasteiger partial charge in [-0.15, -0.1) is 0 Å². The van der Waals surface area contributed by atoms with Crippen LogP contribution in [0.5, 0.6) is 0 Å². The summed E-state index contributed by atoms with van der Waals surface area (Å²) in [6.07, 6.45) is 2.41. The lowest BCUT2D eigenvalue weighted by atomic mass is 9.80. The maximum absolute atomic E-state index is 9.40. The van der Waals surface area contributed by atoms with E-state index in [9.17, 15) is 5.11 Å². The molecule has 0 aromatic heterocycles. The first-order chi connectivity index (χ1) is 10.4. The van der Waals surface area contributed by atoms with Crippen LogP contribution < -0.4 is 0 Å². The van der Waals surface area contributed by atoms with E-state index in [1.165, 1.54) is 24.0 Å². The molecule has 0 saturated carbocycles. The molecule has 1 heterocycles. The first-order valence-corrected chi connectivity index (χ1v) is 7.85. The lowest BCUT2D eigenvalue weighted by Gasteiger charge is -2.42. The highest BCUT2D eigenvalue weighted by Crippen LogP contribution is 2.42. The van der Waals surface area contributed by atoms with Gasteiger partial charge in [-0.25, -0.2) is 0 Å². The molecule has 1 aliphatic rings. The summed E-state index contributed by atoms with van der Waals surface area (Å²) in [5.41, 5.74) is 2.77. The molecule has 2 aromatic carbocycles. The van der Waals surface area contributed by atoms with Crippen LogP contribution in [0.15, 0.2) is 60.7 Å². The minimum Gasteiger partial charge on any atom is -0.395 e. The molecule has 0 bridgehead atoms. The van der Waals surface area contributed by atoms with Gasteiger partial charge < -0.3 is 5.11 Å². The average Bonchev–Trinajstić information content (AvgIpc) is 2.56. The van der Waals surface area contributed by atoms with Gasteiger partial charge in [0.2, 0.25) is 0 Å². The Labute approximate surface area is 127 Å². The van der Waals surface area contributed by atoms with E-state index in [-0.39, 0.29) is 6.61 Å². The molecule has 0 spiro atoms. The molecule has 2 nitrogen and oxygen atoms in total. The summed E-state index contributed by atoms with van der Waals surface area (Å²) in [5, 5.41) is 9.40. The van der Waals surface area contributed by atoms with Crippen molar-refractivity contribution in [2.75, 3.05) is 19.7 Å². The van der Waals surface area contributed by atoms with Crippen LogP contribution in [0.1, 0.15) is 35.9 Å². The molecular weight excluding hydrogens is 258 g/mol. The molecule has 21 heavy (non-hydrogen) atoms. The molecule has 2 aromatic rings. The third kappa shape index (κ3) is 3.17. The zero-order chi connectivity index (χ0) is 14.5. The van der Waals surface area contributed by atoms with Crippen molar-refractivity contribution in [1.29, 1.82) is 0 Å². The van der Waals surface area contributed by atoms with E-state index < -0.39 is 0 Å². The van der Waals surface area contributed by atoms with Crippen molar-refractivity contribution in [3.05, 3.63) is 71.8 Å². The van der Waals surface area contributed by atoms with Crippen LogP contribution in [-0.4, -0.2) is 29.7 Å². The molecule has 1 N–H and O–H groups in total. The standard InChI is InChI=1S/C19H23NO/c21-15-14-20-13-7-12-18(16-8-3-1-4-9-16)19(20)17-10-5-2-6-11-17/h1-6,8-11,18-19,21H,7,12-15H2/t18-,19+/m1/s1. The second-order valence-electron chi connectivity index (χ2n) is 5.77. The van der Waals surface area contributed by atoms with Gasteiger partial charge in [0.1, 0.15) is 0 Å². The summed E-state index contributed by atoms with van der Waals surface area (Å²) in [7, 11) is 0. The van der Waals surface area contributed by atoms with E-state index in [0.29, 0.717) is 12.0 Å². The number of piperidine rings is 1. The van der Waals surface area contributed by atoms with Crippen LogP contribution >= 0.6 is 0 Å². The SMILES string of the molecule is OCCN1CCC[C@H](c2ccccc2)[C@@H]1c1ccccc1. The average molecular weight is 281 g/mol. The topological polar surface area (TPSA) is 23.5 Å². The summed E-state index contributed by atoms with van der Waals surface area (Å²) >= 11 is 0. The van der Waals surface area contributed by atoms with Gasteiger partial charge in [0.25, 0.3) is 0 Å². The predicted octanol–water partition coefficient (Wildman–Crippen LogP) is 3.60. The van der Waals surface area contributed by atoms with Crippen LogP contribution in [0.2, 0.25) is 0 Å². The number of likely N-dealkylation sites (tertiary alicyclic amines) is 1. The summed E-state index contributed by atoms with van der Waals surface area (Å²) in [6.45, 7) is 2.05. The number of hydrogen-bond donors (Lipinski definition) is 1. The fourth-order valence-corrected chi connectivity index (χ4v) is 3.59. The third-order valence-corrected chi connectivity index (χ3v) is 4.49. The molecular formula is C19H23NO. The third-order valence-electron chi connectivity index (χ3n) is 4.49. The minimum atomic E-state index is 0.227. The fourth-order valence-electron chi connectivity index (χ4n) is 3.59. The largest absolute Gasteiger partial charge is 0.395 e. The highest BCUT2D eigenvalue weighted by molar-refractivity contribution is 5.29. The first kappa shape index (κ1) is 14.3. The van der Waals surface area contributed by atoms with Crippen molar-refractivity contribution in [3.8, 4) is 0 Å². The lowest BCUT2D eigenvalue weighted by molar-refractivity contribution is 0.100. The van der Waals surface area contributed by atoms with Crippen LogP contribution in [0, 0.1) is 0 Å². The smallest absolute Gasteiger partial charge is 0.0558 e. The number of hydrogen-bond acceptors (Lipinski definition) is 2. The molecule has 1 aliphatic heterocycles. The highest BCUT2D eigenvalue weighted by atomic mass is 16.3. The van der Waals surface area contributed by atoms with Gasteiger partial charge in [0, 0.05) is 18.5 Å². The lowest BCUT2D eigenvalue weighted by Crippen LogP contribution is -2.39. The summed E-state index contributed by atoms with van der Waals surface area (Å²) in [5.74, 6) is 0.508. The molecule has 0 amide bonds. The van der Waals surface area contributed by atoms with Gasteiger partial charge >= 0.3 is 0 Å². The number of nitrogens with zero attached hydrogens (tertiary/aromatic N) is 1. The monoisotopic (exact) mass is 281 g/mol. The highest BCUT2D eigenvalue weighted by Gasteiger charge is 2.32. The van der Waals surface area contributed by atoms with Crippen LogP contribution in [0.25, 0.3) is 0 Å². The summed E-state index contributed by atoms with van der Waals surface area (Å²) in [4.78, 5) is 2.44. The van der Waals surface area contributed by atoms with Crippen molar-refractivity contribution < 1.29 is 5.11 Å². The Balaban J connectivity index is 1.96. The van der Waals surface area contributed by atoms with Crippen molar-refractivity contribution >= 4 is 0 Å². The summed E-state index contributed by atoms with van der Waals surface area (Å²) < 4.78 is 0. The maximum Gasteiger partial charge on any atom is 0.0558 e. The number of rotatable bonds is 4. The van der Waals surface area contributed by atoms with E-state index in [1.807, 2.05) is 0 Å². The Kier molecular flexibility index (Phi) is 4.69. The second-order valence-corrected chi connectivity index (χ2v) is 5.77. The number of aliphatic hydroxyl groups is 1. The molecule has 2 heteroatoms. The molecule has 3 rings (SSSR count). The van der Waals surface area contributed by atoms with E-state index >= 15 is 0 Å². The van der Waals surface area contributed by atoms with Gasteiger partial charge in [0.05, 0.1) is 6.61 Å². The van der Waals surface area contributed by atoms with Gasteiger partial charge in [-0.1, -0.05) is 60.7 Å². The van der Waals surface area contributed by atoms with E-state index in [2.05, 4.69) is 65.6 Å². The molecule has 0 aliphatic carbocycles. The van der Waals surface area contributed by atoms with Gasteiger partial charge in [0.15, 0.2) is 0 Å². The Morgan fingerprint density at radius 1 is 0.905 bits per heavy atom. The zero-order valence-corrected chi connectivity index (χ0v) is 12.4. The van der Waals surface area contributed by atoms with Crippen molar-refractivity contribution in [2.24, 2.45) is 0 Å².